The number of thiophene rings is 1. The maximum absolute atomic E-state index is 11.1. The number of aromatic nitrogens is 2. The summed E-state index contributed by atoms with van der Waals surface area (Å²) in [5, 5.41) is 15.1. The van der Waals surface area contributed by atoms with E-state index in [4.69, 9.17) is 4.74 Å². The summed E-state index contributed by atoms with van der Waals surface area (Å²) in [4.78, 5) is 21.0. The first kappa shape index (κ1) is 14.2. The first-order valence-corrected chi connectivity index (χ1v) is 7.20. The number of hydrogen-bond donors (Lipinski definition) is 1. The molecule has 3 rings (SSSR count). The lowest BCUT2D eigenvalue weighted by atomic mass is 10.2. The van der Waals surface area contributed by atoms with Crippen LogP contribution in [0.3, 0.4) is 0 Å². The Bertz CT molecular complexity index is 862. The van der Waals surface area contributed by atoms with Gasteiger partial charge in [0.1, 0.15) is 17.0 Å². The average Bonchev–Trinajstić information content (AvgIpc) is 2.88. The maximum Gasteiger partial charge on any atom is 0.312 e. The van der Waals surface area contributed by atoms with Gasteiger partial charge in [-0.3, -0.25) is 10.1 Å². The first-order valence-electron chi connectivity index (χ1n) is 6.39. The van der Waals surface area contributed by atoms with Crippen LogP contribution in [0, 0.1) is 17.0 Å². The molecule has 0 atom stereocenters. The Labute approximate surface area is 129 Å². The van der Waals surface area contributed by atoms with Crippen molar-refractivity contribution in [2.45, 2.75) is 6.92 Å². The lowest BCUT2D eigenvalue weighted by molar-refractivity contribution is -0.385. The molecule has 0 unspecified atom stereocenters. The molecule has 0 bridgehead atoms. The molecule has 8 heteroatoms. The van der Waals surface area contributed by atoms with Crippen molar-refractivity contribution >= 4 is 38.7 Å². The largest absolute Gasteiger partial charge is 0.490 e. The van der Waals surface area contributed by atoms with Gasteiger partial charge >= 0.3 is 5.69 Å². The fourth-order valence-corrected chi connectivity index (χ4v) is 2.97. The monoisotopic (exact) mass is 316 g/mol. The SMILES string of the molecule is COc1ccc(Nc2ncnc3sc(C)cc23)cc1[N+](=O)[O-]. The number of nitro groups is 1. The van der Waals surface area contributed by atoms with Crippen LogP contribution in [0.2, 0.25) is 0 Å². The fraction of sp³-hybridized carbons (Fsp3) is 0.143. The number of nitrogens with zero attached hydrogens (tertiary/aromatic N) is 3. The molecule has 2 heterocycles. The molecule has 0 saturated carbocycles. The quantitative estimate of drug-likeness (QED) is 0.583. The number of anilines is 2. The minimum Gasteiger partial charge on any atom is -0.490 e. The van der Waals surface area contributed by atoms with E-state index in [1.807, 2.05) is 13.0 Å². The second-order valence-corrected chi connectivity index (χ2v) is 5.80. The summed E-state index contributed by atoms with van der Waals surface area (Å²) < 4.78 is 4.99. The van der Waals surface area contributed by atoms with Crippen molar-refractivity contribution in [2.24, 2.45) is 0 Å². The third-order valence-electron chi connectivity index (χ3n) is 3.09. The molecule has 0 amide bonds. The summed E-state index contributed by atoms with van der Waals surface area (Å²) in [6.45, 7) is 1.99. The Morgan fingerprint density at radius 2 is 2.14 bits per heavy atom. The molecule has 0 radical (unpaired) electrons. The molecule has 3 aromatic rings. The van der Waals surface area contributed by atoms with Crippen LogP contribution in [0.5, 0.6) is 5.75 Å². The minimum absolute atomic E-state index is 0.0979. The highest BCUT2D eigenvalue weighted by Crippen LogP contribution is 2.33. The van der Waals surface area contributed by atoms with Gasteiger partial charge in [-0.25, -0.2) is 9.97 Å². The van der Waals surface area contributed by atoms with E-state index in [9.17, 15) is 10.1 Å². The van der Waals surface area contributed by atoms with Gasteiger partial charge in [-0.1, -0.05) is 0 Å². The summed E-state index contributed by atoms with van der Waals surface area (Å²) in [6, 6.07) is 6.67. The molecular formula is C14H12N4O3S. The smallest absolute Gasteiger partial charge is 0.312 e. The van der Waals surface area contributed by atoms with E-state index >= 15 is 0 Å². The number of aryl methyl sites for hydroxylation is 1. The molecule has 0 aliphatic heterocycles. The fourth-order valence-electron chi connectivity index (χ4n) is 2.12. The number of rotatable bonds is 4. The highest BCUT2D eigenvalue weighted by atomic mass is 32.1. The van der Waals surface area contributed by atoms with Crippen molar-refractivity contribution in [2.75, 3.05) is 12.4 Å². The van der Waals surface area contributed by atoms with Gasteiger partial charge in [0.2, 0.25) is 0 Å². The predicted octanol–water partition coefficient (Wildman–Crippen LogP) is 3.66. The number of benzene rings is 1. The number of methoxy groups -OCH3 is 1. The predicted molar refractivity (Wildman–Crippen MR) is 85.1 cm³/mol. The van der Waals surface area contributed by atoms with Crippen LogP contribution in [-0.2, 0) is 0 Å². The number of nitrogens with one attached hydrogen (secondary N) is 1. The summed E-state index contributed by atoms with van der Waals surface area (Å²) in [6.07, 6.45) is 1.47. The number of nitro benzene ring substituents is 1. The van der Waals surface area contributed by atoms with E-state index in [-0.39, 0.29) is 11.4 Å². The van der Waals surface area contributed by atoms with Crippen molar-refractivity contribution in [3.63, 3.8) is 0 Å². The molecule has 0 spiro atoms. The molecule has 0 aliphatic rings. The standard InChI is InChI=1S/C14H12N4O3S/c1-8-5-10-13(15-7-16-14(10)22-8)17-9-3-4-12(21-2)11(6-9)18(19)20/h3-7H,1-2H3,(H,15,16,17). The molecule has 0 fully saturated rings. The van der Waals surface area contributed by atoms with Crippen LogP contribution in [0.25, 0.3) is 10.2 Å². The van der Waals surface area contributed by atoms with Crippen LogP contribution in [0.15, 0.2) is 30.6 Å². The second-order valence-electron chi connectivity index (χ2n) is 4.57. The molecular weight excluding hydrogens is 304 g/mol. The molecule has 112 valence electrons. The summed E-state index contributed by atoms with van der Waals surface area (Å²) in [7, 11) is 1.40. The van der Waals surface area contributed by atoms with E-state index in [0.717, 1.165) is 15.1 Å². The van der Waals surface area contributed by atoms with Gasteiger partial charge in [-0.05, 0) is 25.1 Å². The van der Waals surface area contributed by atoms with Crippen molar-refractivity contribution in [3.8, 4) is 5.75 Å². The molecule has 1 N–H and O–H groups in total. The highest BCUT2D eigenvalue weighted by Gasteiger charge is 2.16. The normalized spacial score (nSPS) is 10.6. The average molecular weight is 316 g/mol. The van der Waals surface area contributed by atoms with Crippen LogP contribution in [-0.4, -0.2) is 22.0 Å². The zero-order valence-electron chi connectivity index (χ0n) is 11.9. The first-order chi connectivity index (χ1) is 10.6. The van der Waals surface area contributed by atoms with Crippen LogP contribution < -0.4 is 10.1 Å². The van der Waals surface area contributed by atoms with Crippen LogP contribution in [0.1, 0.15) is 4.88 Å². The second kappa shape index (κ2) is 5.57. The minimum atomic E-state index is -0.478. The summed E-state index contributed by atoms with van der Waals surface area (Å²) in [5.41, 5.74) is 0.468. The van der Waals surface area contributed by atoms with Crippen LogP contribution in [0.4, 0.5) is 17.2 Å². The highest BCUT2D eigenvalue weighted by molar-refractivity contribution is 7.18. The number of hydrogen-bond acceptors (Lipinski definition) is 7. The Morgan fingerprint density at radius 3 is 2.86 bits per heavy atom. The summed E-state index contributed by atoms with van der Waals surface area (Å²) >= 11 is 1.57. The van der Waals surface area contributed by atoms with Crippen molar-refractivity contribution < 1.29 is 9.66 Å². The Balaban J connectivity index is 2.01. The van der Waals surface area contributed by atoms with E-state index in [0.29, 0.717) is 11.5 Å². The molecule has 22 heavy (non-hydrogen) atoms. The molecule has 0 saturated heterocycles. The number of fused-ring (bicyclic) bond motifs is 1. The molecule has 7 nitrogen and oxygen atoms in total. The van der Waals surface area contributed by atoms with Gasteiger partial charge < -0.3 is 10.1 Å². The molecule has 2 aromatic heterocycles. The van der Waals surface area contributed by atoms with Gasteiger partial charge in [-0.15, -0.1) is 11.3 Å². The van der Waals surface area contributed by atoms with Gasteiger partial charge in [0.15, 0.2) is 5.75 Å². The lowest BCUT2D eigenvalue weighted by Gasteiger charge is -2.08. The topological polar surface area (TPSA) is 90.2 Å². The Morgan fingerprint density at radius 1 is 1.32 bits per heavy atom. The Kier molecular flexibility index (Phi) is 3.60. The van der Waals surface area contributed by atoms with Gasteiger partial charge in [0.05, 0.1) is 17.4 Å². The maximum atomic E-state index is 11.1. The third kappa shape index (κ3) is 2.56. The van der Waals surface area contributed by atoms with Crippen molar-refractivity contribution in [3.05, 3.63) is 45.6 Å². The zero-order chi connectivity index (χ0) is 15.7. The van der Waals surface area contributed by atoms with Gasteiger partial charge in [-0.2, -0.15) is 0 Å². The zero-order valence-corrected chi connectivity index (χ0v) is 12.7. The lowest BCUT2D eigenvalue weighted by Crippen LogP contribution is -1.98. The van der Waals surface area contributed by atoms with Crippen molar-refractivity contribution in [1.29, 1.82) is 0 Å². The third-order valence-corrected chi connectivity index (χ3v) is 4.05. The number of ether oxygens (including phenoxy) is 1. The van der Waals surface area contributed by atoms with E-state index in [2.05, 4.69) is 15.3 Å². The Hall–Kier alpha value is -2.74. The van der Waals surface area contributed by atoms with Gasteiger partial charge in [0.25, 0.3) is 0 Å². The van der Waals surface area contributed by atoms with E-state index in [1.54, 1.807) is 23.5 Å². The molecule has 1 aromatic carbocycles. The van der Waals surface area contributed by atoms with E-state index < -0.39 is 4.92 Å². The summed E-state index contributed by atoms with van der Waals surface area (Å²) in [5.74, 6) is 0.837. The van der Waals surface area contributed by atoms with E-state index in [1.165, 1.54) is 19.5 Å². The van der Waals surface area contributed by atoms with Crippen molar-refractivity contribution in [1.82, 2.24) is 9.97 Å². The van der Waals surface area contributed by atoms with Crippen LogP contribution >= 0.6 is 11.3 Å². The van der Waals surface area contributed by atoms with Gasteiger partial charge in [0, 0.05) is 16.6 Å². The molecule has 0 aliphatic carbocycles.